The van der Waals surface area contributed by atoms with Gasteiger partial charge in [-0.15, -0.1) is 0 Å². The van der Waals surface area contributed by atoms with Gasteiger partial charge in [0.05, 0.1) is 17.1 Å². The van der Waals surface area contributed by atoms with E-state index in [9.17, 15) is 0 Å². The second-order valence-corrected chi connectivity index (χ2v) is 4.49. The monoisotopic (exact) mass is 240 g/mol. The lowest BCUT2D eigenvalue weighted by Gasteiger charge is -2.15. The third kappa shape index (κ3) is 2.95. The minimum Gasteiger partial charge on any atom is -0.360 e. The molecule has 2 N–H and O–H groups in total. The maximum Gasteiger partial charge on any atom is 0.171 e. The van der Waals surface area contributed by atoms with Gasteiger partial charge in [0.15, 0.2) is 5.11 Å². The minimum atomic E-state index is 0.386. The Bertz CT molecular complexity index is 384. The van der Waals surface area contributed by atoms with E-state index in [-0.39, 0.29) is 0 Å². The molecule has 1 aromatic rings. The summed E-state index contributed by atoms with van der Waals surface area (Å²) in [5.41, 5.74) is 3.06. The normalized spacial score (nSPS) is 12.3. The Kier molecular flexibility index (Phi) is 4.29. The van der Waals surface area contributed by atoms with Crippen LogP contribution >= 0.6 is 12.2 Å². The van der Waals surface area contributed by atoms with E-state index in [0.717, 1.165) is 23.5 Å². The molecular weight excluding hydrogens is 220 g/mol. The summed E-state index contributed by atoms with van der Waals surface area (Å²) in [6.07, 6.45) is 1.05. The number of nitrogens with one attached hydrogen (secondary N) is 2. The third-order valence-corrected chi connectivity index (χ3v) is 2.96. The molecule has 0 aliphatic carbocycles. The van der Waals surface area contributed by atoms with Gasteiger partial charge in [-0.2, -0.15) is 5.10 Å². The molecule has 0 bridgehead atoms. The molecule has 0 aliphatic rings. The van der Waals surface area contributed by atoms with Gasteiger partial charge in [-0.05, 0) is 39.4 Å². The number of rotatable bonds is 3. The van der Waals surface area contributed by atoms with Crippen LogP contribution in [0.15, 0.2) is 0 Å². The van der Waals surface area contributed by atoms with E-state index >= 15 is 0 Å². The number of aromatic nitrogens is 2. The van der Waals surface area contributed by atoms with Gasteiger partial charge < -0.3 is 10.6 Å². The van der Waals surface area contributed by atoms with Crippen molar-refractivity contribution in [1.29, 1.82) is 0 Å². The molecule has 4 nitrogen and oxygen atoms in total. The summed E-state index contributed by atoms with van der Waals surface area (Å²) in [5, 5.41) is 11.4. The van der Waals surface area contributed by atoms with Crippen LogP contribution < -0.4 is 10.6 Å². The zero-order chi connectivity index (χ0) is 12.3. The number of hydrogen-bond donors (Lipinski definition) is 2. The van der Waals surface area contributed by atoms with E-state index in [0.29, 0.717) is 11.2 Å². The van der Waals surface area contributed by atoms with E-state index in [4.69, 9.17) is 12.2 Å². The second-order valence-electron chi connectivity index (χ2n) is 4.08. The van der Waals surface area contributed by atoms with Crippen LogP contribution in [0.2, 0.25) is 0 Å². The van der Waals surface area contributed by atoms with Crippen LogP contribution in [0.25, 0.3) is 0 Å². The van der Waals surface area contributed by atoms with E-state index in [2.05, 4.69) is 29.6 Å². The number of thiocarbonyl (C=S) groups is 1. The first-order chi connectivity index (χ1) is 7.45. The first-order valence-electron chi connectivity index (χ1n) is 5.53. The highest BCUT2D eigenvalue weighted by Gasteiger charge is 2.11. The summed E-state index contributed by atoms with van der Waals surface area (Å²) in [6.45, 7) is 8.23. The largest absolute Gasteiger partial charge is 0.360 e. The Labute approximate surface area is 102 Å². The highest BCUT2D eigenvalue weighted by Crippen LogP contribution is 2.17. The van der Waals surface area contributed by atoms with E-state index in [1.54, 1.807) is 0 Å². The van der Waals surface area contributed by atoms with E-state index in [1.165, 1.54) is 0 Å². The predicted octanol–water partition coefficient (Wildman–Crippen LogP) is 2.12. The summed E-state index contributed by atoms with van der Waals surface area (Å²) in [4.78, 5) is 0. The summed E-state index contributed by atoms with van der Waals surface area (Å²) in [7, 11) is 1.93. The van der Waals surface area contributed by atoms with Gasteiger partial charge >= 0.3 is 0 Å². The van der Waals surface area contributed by atoms with Gasteiger partial charge in [-0.25, -0.2) is 0 Å². The van der Waals surface area contributed by atoms with Crippen LogP contribution in [0.1, 0.15) is 31.7 Å². The van der Waals surface area contributed by atoms with Crippen molar-refractivity contribution < 1.29 is 0 Å². The first kappa shape index (κ1) is 13.0. The summed E-state index contributed by atoms with van der Waals surface area (Å²) >= 11 is 5.25. The molecule has 1 rings (SSSR count). The molecule has 1 aromatic heterocycles. The number of nitrogens with zero attached hydrogens (tertiary/aromatic N) is 2. The van der Waals surface area contributed by atoms with Crippen molar-refractivity contribution in [2.75, 3.05) is 5.32 Å². The molecule has 1 atom stereocenters. The van der Waals surface area contributed by atoms with Gasteiger partial charge in [0.2, 0.25) is 0 Å². The van der Waals surface area contributed by atoms with Crippen molar-refractivity contribution in [3.8, 4) is 0 Å². The van der Waals surface area contributed by atoms with Crippen molar-refractivity contribution in [3.05, 3.63) is 11.4 Å². The minimum absolute atomic E-state index is 0.386. The van der Waals surface area contributed by atoms with Crippen LogP contribution in [-0.2, 0) is 7.05 Å². The molecule has 0 saturated heterocycles. The average Bonchev–Trinajstić information content (AvgIpc) is 2.45. The number of anilines is 1. The molecule has 90 valence electrons. The van der Waals surface area contributed by atoms with E-state index in [1.807, 2.05) is 25.6 Å². The van der Waals surface area contributed by atoms with Crippen molar-refractivity contribution in [1.82, 2.24) is 15.1 Å². The SMILES string of the molecule is CCC(C)NC(=S)Nc1c(C)nn(C)c1C. The molecular formula is C11H20N4S. The first-order valence-corrected chi connectivity index (χ1v) is 5.94. The standard InChI is InChI=1S/C11H20N4S/c1-6-7(2)12-11(16)13-10-8(3)14-15(5)9(10)4/h7H,6H2,1-5H3,(H2,12,13,16). The zero-order valence-electron chi connectivity index (χ0n) is 10.6. The van der Waals surface area contributed by atoms with Crippen LogP contribution in [-0.4, -0.2) is 20.9 Å². The van der Waals surface area contributed by atoms with Crippen molar-refractivity contribution in [2.24, 2.45) is 7.05 Å². The van der Waals surface area contributed by atoms with Crippen LogP contribution in [0.3, 0.4) is 0 Å². The molecule has 0 fully saturated rings. The molecule has 0 saturated carbocycles. The lowest BCUT2D eigenvalue weighted by Crippen LogP contribution is -2.35. The van der Waals surface area contributed by atoms with Gasteiger partial charge in [0, 0.05) is 13.1 Å². The Morgan fingerprint density at radius 3 is 2.56 bits per heavy atom. The molecule has 0 aliphatic heterocycles. The molecule has 0 aromatic carbocycles. The number of hydrogen-bond acceptors (Lipinski definition) is 2. The van der Waals surface area contributed by atoms with Crippen LogP contribution in [0.5, 0.6) is 0 Å². The maximum atomic E-state index is 5.25. The average molecular weight is 240 g/mol. The lowest BCUT2D eigenvalue weighted by atomic mass is 10.3. The summed E-state index contributed by atoms with van der Waals surface area (Å²) in [6, 6.07) is 0.386. The smallest absolute Gasteiger partial charge is 0.171 e. The van der Waals surface area contributed by atoms with Gasteiger partial charge in [0.1, 0.15) is 0 Å². The second kappa shape index (κ2) is 5.30. The molecule has 5 heteroatoms. The maximum absolute atomic E-state index is 5.25. The summed E-state index contributed by atoms with van der Waals surface area (Å²) < 4.78 is 1.85. The van der Waals surface area contributed by atoms with E-state index < -0.39 is 0 Å². The third-order valence-electron chi connectivity index (χ3n) is 2.74. The van der Waals surface area contributed by atoms with Crippen molar-refractivity contribution in [3.63, 3.8) is 0 Å². The van der Waals surface area contributed by atoms with Crippen LogP contribution in [0, 0.1) is 13.8 Å². The fourth-order valence-electron chi connectivity index (χ4n) is 1.43. The van der Waals surface area contributed by atoms with Crippen molar-refractivity contribution in [2.45, 2.75) is 40.2 Å². The Hall–Kier alpha value is -1.10. The zero-order valence-corrected chi connectivity index (χ0v) is 11.4. The molecule has 1 heterocycles. The van der Waals surface area contributed by atoms with Gasteiger partial charge in [-0.1, -0.05) is 6.92 Å². The Morgan fingerprint density at radius 2 is 2.12 bits per heavy atom. The molecule has 0 amide bonds. The Balaban J connectivity index is 2.70. The fourth-order valence-corrected chi connectivity index (χ4v) is 1.73. The highest BCUT2D eigenvalue weighted by molar-refractivity contribution is 7.80. The quantitative estimate of drug-likeness (QED) is 0.794. The van der Waals surface area contributed by atoms with Gasteiger partial charge in [-0.3, -0.25) is 4.68 Å². The number of aryl methyl sites for hydroxylation is 2. The molecule has 16 heavy (non-hydrogen) atoms. The topological polar surface area (TPSA) is 41.9 Å². The predicted molar refractivity (Wildman–Crippen MR) is 71.8 cm³/mol. The molecule has 0 spiro atoms. The van der Waals surface area contributed by atoms with Crippen LogP contribution in [0.4, 0.5) is 5.69 Å². The fraction of sp³-hybridized carbons (Fsp3) is 0.636. The van der Waals surface area contributed by atoms with Crippen molar-refractivity contribution >= 4 is 23.0 Å². The Morgan fingerprint density at radius 1 is 1.50 bits per heavy atom. The molecule has 0 radical (unpaired) electrons. The van der Waals surface area contributed by atoms with Gasteiger partial charge in [0.25, 0.3) is 0 Å². The summed E-state index contributed by atoms with van der Waals surface area (Å²) in [5.74, 6) is 0. The molecule has 1 unspecified atom stereocenters. The lowest BCUT2D eigenvalue weighted by molar-refractivity contribution is 0.646. The highest BCUT2D eigenvalue weighted by atomic mass is 32.1.